The van der Waals surface area contributed by atoms with Crippen LogP contribution in [0.15, 0.2) is 66.9 Å². The molecule has 5 N–H and O–H groups in total. The second kappa shape index (κ2) is 6.99. The predicted octanol–water partition coefficient (Wildman–Crippen LogP) is 4.72. The van der Waals surface area contributed by atoms with Crippen LogP contribution < -0.4 is 11.1 Å². The molecule has 0 fully saturated rings. The number of aromatic amines is 1. The third-order valence-corrected chi connectivity index (χ3v) is 5.01. The van der Waals surface area contributed by atoms with Gasteiger partial charge in [-0.2, -0.15) is 0 Å². The molecule has 0 unspecified atom stereocenters. The van der Waals surface area contributed by atoms with Gasteiger partial charge in [-0.25, -0.2) is 9.97 Å². The number of rotatable bonds is 4. The number of benzene rings is 2. The minimum Gasteiger partial charge on any atom is -0.494 e. The second-order valence-corrected chi connectivity index (χ2v) is 7.00. The molecule has 5 rings (SSSR count). The second-order valence-electron chi connectivity index (χ2n) is 7.00. The van der Waals surface area contributed by atoms with Crippen molar-refractivity contribution in [3.05, 3.63) is 77.0 Å². The first-order chi connectivity index (χ1) is 15.0. The summed E-state index contributed by atoms with van der Waals surface area (Å²) in [5.41, 5.74) is 9.21. The van der Waals surface area contributed by atoms with Gasteiger partial charge in [-0.3, -0.25) is 10.1 Å². The molecular weight excluding hydrogens is 396 g/mol. The van der Waals surface area contributed by atoms with E-state index in [2.05, 4.69) is 15.3 Å². The standard InChI is InChI=1S/C22H16N6O3/c23-20-8-5-12(11-24-20)25-18-10-19(26-16-4-2-1-3-14(16)18)21-15-9-13(28(30)31)6-7-17(15)27-22(21)29/h1-11,27,29H,(H2,23,24)(H,25,26). The average molecular weight is 412 g/mol. The van der Waals surface area contributed by atoms with Crippen LogP contribution in [-0.4, -0.2) is 25.0 Å². The smallest absolute Gasteiger partial charge is 0.270 e. The summed E-state index contributed by atoms with van der Waals surface area (Å²) in [6.07, 6.45) is 1.62. The first-order valence-corrected chi connectivity index (χ1v) is 9.37. The molecule has 3 heterocycles. The van der Waals surface area contributed by atoms with E-state index in [1.165, 1.54) is 12.1 Å². The predicted molar refractivity (Wildman–Crippen MR) is 119 cm³/mol. The van der Waals surface area contributed by atoms with Crippen molar-refractivity contribution in [1.29, 1.82) is 0 Å². The van der Waals surface area contributed by atoms with E-state index in [0.717, 1.165) is 16.8 Å². The van der Waals surface area contributed by atoms with Gasteiger partial charge in [0.1, 0.15) is 5.82 Å². The van der Waals surface area contributed by atoms with Crippen molar-refractivity contribution in [2.24, 2.45) is 0 Å². The fourth-order valence-corrected chi connectivity index (χ4v) is 3.58. The number of aromatic hydroxyl groups is 1. The van der Waals surface area contributed by atoms with Crippen molar-refractivity contribution in [2.45, 2.75) is 0 Å². The van der Waals surface area contributed by atoms with Crippen molar-refractivity contribution < 1.29 is 10.0 Å². The lowest BCUT2D eigenvalue weighted by Gasteiger charge is -2.12. The van der Waals surface area contributed by atoms with Gasteiger partial charge in [0.2, 0.25) is 0 Å². The van der Waals surface area contributed by atoms with Gasteiger partial charge in [-0.15, -0.1) is 0 Å². The number of H-pyrrole nitrogens is 1. The summed E-state index contributed by atoms with van der Waals surface area (Å²) in [5.74, 6) is 0.300. The van der Waals surface area contributed by atoms with Gasteiger partial charge in [-0.05, 0) is 30.3 Å². The number of pyridine rings is 2. The number of nitro groups is 1. The van der Waals surface area contributed by atoms with Gasteiger partial charge in [0.05, 0.1) is 39.3 Å². The van der Waals surface area contributed by atoms with Crippen molar-refractivity contribution in [3.63, 3.8) is 0 Å². The van der Waals surface area contributed by atoms with Crippen molar-refractivity contribution >= 4 is 44.7 Å². The van der Waals surface area contributed by atoms with Crippen LogP contribution >= 0.6 is 0 Å². The molecule has 0 bridgehead atoms. The number of nitro benzene ring substituents is 1. The van der Waals surface area contributed by atoms with Crippen LogP contribution in [-0.2, 0) is 0 Å². The van der Waals surface area contributed by atoms with E-state index in [1.54, 1.807) is 24.4 Å². The topological polar surface area (TPSA) is 143 Å². The molecule has 9 nitrogen and oxygen atoms in total. The number of hydrogen-bond acceptors (Lipinski definition) is 7. The summed E-state index contributed by atoms with van der Waals surface area (Å²) in [6, 6.07) is 17.2. The van der Waals surface area contributed by atoms with Crippen LogP contribution in [0.4, 0.5) is 22.9 Å². The van der Waals surface area contributed by atoms with Gasteiger partial charge in [0, 0.05) is 28.4 Å². The number of nitrogens with two attached hydrogens (primary N) is 1. The SMILES string of the molecule is Nc1ccc(Nc2cc(-c3c(O)[nH]c4ccc([N+](=O)[O-])cc34)nc3ccccc23)cn1. The molecule has 0 atom stereocenters. The quantitative estimate of drug-likeness (QED) is 0.247. The molecule has 2 aromatic carbocycles. The Kier molecular flexibility index (Phi) is 4.14. The average Bonchev–Trinajstić information content (AvgIpc) is 3.10. The molecule has 152 valence electrons. The summed E-state index contributed by atoms with van der Waals surface area (Å²) >= 11 is 0. The molecule has 31 heavy (non-hydrogen) atoms. The number of aromatic nitrogens is 3. The summed E-state index contributed by atoms with van der Waals surface area (Å²) in [7, 11) is 0. The number of para-hydroxylation sites is 1. The largest absolute Gasteiger partial charge is 0.494 e. The molecule has 3 aromatic heterocycles. The van der Waals surface area contributed by atoms with Gasteiger partial charge in [0.15, 0.2) is 5.88 Å². The number of fused-ring (bicyclic) bond motifs is 2. The lowest BCUT2D eigenvalue weighted by atomic mass is 10.1. The van der Waals surface area contributed by atoms with Crippen LogP contribution in [0, 0.1) is 10.1 Å². The molecule has 0 radical (unpaired) electrons. The molecule has 0 amide bonds. The highest BCUT2D eigenvalue weighted by atomic mass is 16.6. The highest BCUT2D eigenvalue weighted by Crippen LogP contribution is 2.40. The third-order valence-electron chi connectivity index (χ3n) is 5.01. The minimum atomic E-state index is -0.470. The van der Waals surface area contributed by atoms with Crippen molar-refractivity contribution in [2.75, 3.05) is 11.1 Å². The van der Waals surface area contributed by atoms with E-state index in [1.807, 2.05) is 30.3 Å². The molecule has 0 aliphatic carbocycles. The van der Waals surface area contributed by atoms with E-state index in [9.17, 15) is 15.2 Å². The van der Waals surface area contributed by atoms with E-state index in [0.29, 0.717) is 33.5 Å². The summed E-state index contributed by atoms with van der Waals surface area (Å²) in [5, 5.41) is 26.5. The Bertz CT molecular complexity index is 1460. The van der Waals surface area contributed by atoms with E-state index < -0.39 is 4.92 Å². The molecule has 0 aliphatic heterocycles. The Morgan fingerprint density at radius 1 is 1.06 bits per heavy atom. The Hall–Kier alpha value is -4.66. The van der Waals surface area contributed by atoms with Crippen LogP contribution in [0.5, 0.6) is 5.88 Å². The maximum absolute atomic E-state index is 11.2. The normalized spacial score (nSPS) is 11.1. The van der Waals surface area contributed by atoms with Crippen LogP contribution in [0.1, 0.15) is 0 Å². The molecule has 9 heteroatoms. The highest BCUT2D eigenvalue weighted by Gasteiger charge is 2.19. The van der Waals surface area contributed by atoms with E-state index >= 15 is 0 Å². The molecular formula is C22H16N6O3. The number of nitrogen functional groups attached to an aromatic ring is 1. The number of nitrogens with one attached hydrogen (secondary N) is 2. The van der Waals surface area contributed by atoms with Crippen molar-refractivity contribution in [1.82, 2.24) is 15.0 Å². The molecule has 0 aliphatic rings. The van der Waals surface area contributed by atoms with Crippen molar-refractivity contribution in [3.8, 4) is 17.1 Å². The van der Waals surface area contributed by atoms with E-state index in [4.69, 9.17) is 10.7 Å². The zero-order chi connectivity index (χ0) is 21.5. The maximum atomic E-state index is 11.2. The maximum Gasteiger partial charge on any atom is 0.270 e. The number of hydrogen-bond donors (Lipinski definition) is 4. The lowest BCUT2D eigenvalue weighted by Crippen LogP contribution is -1.97. The Balaban J connectivity index is 1.72. The highest BCUT2D eigenvalue weighted by molar-refractivity contribution is 6.02. The Morgan fingerprint density at radius 3 is 2.68 bits per heavy atom. The van der Waals surface area contributed by atoms with Crippen LogP contribution in [0.2, 0.25) is 0 Å². The summed E-state index contributed by atoms with van der Waals surface area (Å²) in [4.78, 5) is 22.4. The zero-order valence-electron chi connectivity index (χ0n) is 16.0. The number of anilines is 3. The molecule has 5 aromatic rings. The third kappa shape index (κ3) is 3.23. The molecule has 0 spiro atoms. The zero-order valence-corrected chi connectivity index (χ0v) is 16.0. The fraction of sp³-hybridized carbons (Fsp3) is 0. The molecule has 0 saturated heterocycles. The first-order valence-electron chi connectivity index (χ1n) is 9.37. The lowest BCUT2D eigenvalue weighted by molar-refractivity contribution is -0.384. The number of non-ortho nitro benzene ring substituents is 1. The summed E-state index contributed by atoms with van der Waals surface area (Å²) in [6.45, 7) is 0. The minimum absolute atomic E-state index is 0.0696. The van der Waals surface area contributed by atoms with Gasteiger partial charge >= 0.3 is 0 Å². The first kappa shape index (κ1) is 18.4. The Morgan fingerprint density at radius 2 is 1.90 bits per heavy atom. The Labute approximate surface area is 175 Å². The monoisotopic (exact) mass is 412 g/mol. The van der Waals surface area contributed by atoms with Gasteiger partial charge < -0.3 is 21.1 Å². The van der Waals surface area contributed by atoms with Gasteiger partial charge in [-0.1, -0.05) is 18.2 Å². The summed E-state index contributed by atoms with van der Waals surface area (Å²) < 4.78 is 0. The van der Waals surface area contributed by atoms with Crippen LogP contribution in [0.3, 0.4) is 0 Å². The molecule has 0 saturated carbocycles. The van der Waals surface area contributed by atoms with Gasteiger partial charge in [0.25, 0.3) is 5.69 Å². The number of nitrogens with zero attached hydrogens (tertiary/aromatic N) is 3. The van der Waals surface area contributed by atoms with E-state index in [-0.39, 0.29) is 11.6 Å². The van der Waals surface area contributed by atoms with Crippen LogP contribution in [0.25, 0.3) is 33.1 Å². The fourth-order valence-electron chi connectivity index (χ4n) is 3.58.